The van der Waals surface area contributed by atoms with Crippen LogP contribution in [0.2, 0.25) is 0 Å². The first kappa shape index (κ1) is 22.8. The van der Waals surface area contributed by atoms with Crippen molar-refractivity contribution in [3.05, 3.63) is 67.0 Å². The Balaban J connectivity index is 1.22. The number of fused-ring (bicyclic) bond motifs is 1. The Hall–Kier alpha value is -2.97. The van der Waals surface area contributed by atoms with Crippen LogP contribution in [0.4, 0.5) is 5.69 Å². The number of sulfonamides is 1. The number of aromatic nitrogens is 1. The Morgan fingerprint density at radius 3 is 2.32 bits per heavy atom. The molecule has 3 aromatic rings. The summed E-state index contributed by atoms with van der Waals surface area (Å²) in [7, 11) is -3.63. The van der Waals surface area contributed by atoms with E-state index in [1.165, 1.54) is 0 Å². The molecule has 0 N–H and O–H groups in total. The predicted molar refractivity (Wildman–Crippen MR) is 133 cm³/mol. The third-order valence-electron chi connectivity index (χ3n) is 7.08. The smallest absolute Gasteiger partial charge is 0.243 e. The van der Waals surface area contributed by atoms with Crippen LogP contribution in [0.25, 0.3) is 10.8 Å². The van der Waals surface area contributed by atoms with Gasteiger partial charge in [0.25, 0.3) is 0 Å². The molecule has 0 saturated carbocycles. The Bertz CT molecular complexity index is 1270. The second-order valence-electron chi connectivity index (χ2n) is 9.22. The van der Waals surface area contributed by atoms with E-state index in [1.807, 2.05) is 54.3 Å². The third kappa shape index (κ3) is 4.40. The molecule has 2 fully saturated rings. The first-order valence-electron chi connectivity index (χ1n) is 11.9. The number of benzene rings is 2. The van der Waals surface area contributed by atoms with Gasteiger partial charge in [0.15, 0.2) is 0 Å². The molecule has 1 unspecified atom stereocenters. The SMILES string of the molecule is CC1CN(C(=O)C2CCN(c3ccncc3)CC2)CCN1S(=O)(=O)c1ccc2ccccc2c1. The minimum absolute atomic E-state index is 0.00562. The molecule has 7 nitrogen and oxygen atoms in total. The number of rotatable bonds is 4. The van der Waals surface area contributed by atoms with Gasteiger partial charge in [-0.1, -0.05) is 30.3 Å². The van der Waals surface area contributed by atoms with Gasteiger partial charge in [-0.15, -0.1) is 0 Å². The minimum Gasteiger partial charge on any atom is -0.371 e. The second kappa shape index (κ2) is 9.35. The maximum absolute atomic E-state index is 13.4. The molecular formula is C26H30N4O3S. The molecule has 0 bridgehead atoms. The van der Waals surface area contributed by atoms with Gasteiger partial charge in [-0.05, 0) is 54.8 Å². The van der Waals surface area contributed by atoms with Gasteiger partial charge in [-0.25, -0.2) is 8.42 Å². The topological polar surface area (TPSA) is 73.8 Å². The average molecular weight is 479 g/mol. The summed E-state index contributed by atoms with van der Waals surface area (Å²) in [5.74, 6) is 0.151. The van der Waals surface area contributed by atoms with E-state index in [0.29, 0.717) is 24.5 Å². The van der Waals surface area contributed by atoms with Crippen molar-refractivity contribution in [1.29, 1.82) is 0 Å². The predicted octanol–water partition coefficient (Wildman–Crippen LogP) is 3.37. The van der Waals surface area contributed by atoms with Gasteiger partial charge in [0.2, 0.25) is 15.9 Å². The summed E-state index contributed by atoms with van der Waals surface area (Å²) in [4.78, 5) is 21.8. The monoisotopic (exact) mass is 478 g/mol. The molecule has 1 amide bonds. The molecule has 2 aliphatic rings. The van der Waals surface area contributed by atoms with E-state index in [9.17, 15) is 13.2 Å². The summed E-state index contributed by atoms with van der Waals surface area (Å²) in [6.45, 7) is 4.75. The lowest BCUT2D eigenvalue weighted by molar-refractivity contribution is -0.138. The minimum atomic E-state index is -3.63. The molecule has 0 radical (unpaired) electrons. The fraction of sp³-hybridized carbons (Fsp3) is 0.385. The molecule has 2 saturated heterocycles. The van der Waals surface area contributed by atoms with Gasteiger partial charge in [-0.3, -0.25) is 9.78 Å². The van der Waals surface area contributed by atoms with Gasteiger partial charge in [0.05, 0.1) is 4.90 Å². The lowest BCUT2D eigenvalue weighted by Gasteiger charge is -2.41. The summed E-state index contributed by atoms with van der Waals surface area (Å²) in [5, 5.41) is 1.92. The van der Waals surface area contributed by atoms with Crippen LogP contribution < -0.4 is 4.90 Å². The van der Waals surface area contributed by atoms with Crippen LogP contribution in [-0.2, 0) is 14.8 Å². The highest BCUT2D eigenvalue weighted by molar-refractivity contribution is 7.89. The normalized spacial score (nSPS) is 20.6. The van der Waals surface area contributed by atoms with Crippen LogP contribution in [0.1, 0.15) is 19.8 Å². The molecule has 34 heavy (non-hydrogen) atoms. The van der Waals surface area contributed by atoms with Crippen LogP contribution in [0, 0.1) is 5.92 Å². The van der Waals surface area contributed by atoms with E-state index in [1.54, 1.807) is 28.8 Å². The lowest BCUT2D eigenvalue weighted by Crippen LogP contribution is -2.56. The highest BCUT2D eigenvalue weighted by Gasteiger charge is 2.37. The van der Waals surface area contributed by atoms with E-state index in [0.717, 1.165) is 42.4 Å². The first-order chi connectivity index (χ1) is 16.4. The Kier molecular flexibility index (Phi) is 6.27. The molecule has 0 aliphatic carbocycles. The zero-order chi connectivity index (χ0) is 23.7. The van der Waals surface area contributed by atoms with Crippen LogP contribution in [-0.4, -0.2) is 67.3 Å². The molecule has 2 aromatic carbocycles. The molecule has 8 heteroatoms. The van der Waals surface area contributed by atoms with Crippen molar-refractivity contribution >= 4 is 32.4 Å². The van der Waals surface area contributed by atoms with Crippen molar-refractivity contribution in [2.75, 3.05) is 37.6 Å². The van der Waals surface area contributed by atoms with E-state index < -0.39 is 10.0 Å². The Morgan fingerprint density at radius 2 is 1.62 bits per heavy atom. The number of carbonyl (C=O) groups is 1. The number of pyridine rings is 1. The number of hydrogen-bond acceptors (Lipinski definition) is 5. The number of piperidine rings is 1. The first-order valence-corrected chi connectivity index (χ1v) is 13.3. The van der Waals surface area contributed by atoms with Gasteiger partial charge < -0.3 is 9.80 Å². The number of nitrogens with zero attached hydrogens (tertiary/aromatic N) is 4. The molecular weight excluding hydrogens is 448 g/mol. The fourth-order valence-electron chi connectivity index (χ4n) is 5.16. The van der Waals surface area contributed by atoms with Gasteiger partial charge >= 0.3 is 0 Å². The standard InChI is InChI=1S/C26H30N4O3S/c1-20-19-29(26(31)22-10-14-28(15-11-22)24-8-12-27-13-9-24)16-17-30(20)34(32,33)25-7-6-21-4-2-3-5-23(21)18-25/h2-9,12-13,18,20,22H,10-11,14-17,19H2,1H3. The van der Waals surface area contributed by atoms with Gasteiger partial charge in [0.1, 0.15) is 0 Å². The van der Waals surface area contributed by atoms with Gasteiger partial charge in [0, 0.05) is 62.8 Å². The number of amides is 1. The van der Waals surface area contributed by atoms with Crippen molar-refractivity contribution in [3.63, 3.8) is 0 Å². The third-order valence-corrected chi connectivity index (χ3v) is 9.09. The Morgan fingerprint density at radius 1 is 0.912 bits per heavy atom. The van der Waals surface area contributed by atoms with Crippen LogP contribution in [0.3, 0.4) is 0 Å². The number of piperazine rings is 1. The second-order valence-corrected chi connectivity index (χ2v) is 11.1. The van der Waals surface area contributed by atoms with E-state index >= 15 is 0 Å². The molecule has 178 valence electrons. The summed E-state index contributed by atoms with van der Waals surface area (Å²) in [6, 6.07) is 16.7. The van der Waals surface area contributed by atoms with Gasteiger partial charge in [-0.2, -0.15) is 4.31 Å². The maximum atomic E-state index is 13.4. The molecule has 3 heterocycles. The number of carbonyl (C=O) groups excluding carboxylic acids is 1. The van der Waals surface area contributed by atoms with Crippen molar-refractivity contribution in [2.24, 2.45) is 5.92 Å². The van der Waals surface area contributed by atoms with Crippen molar-refractivity contribution in [1.82, 2.24) is 14.2 Å². The summed E-state index contributed by atoms with van der Waals surface area (Å²) >= 11 is 0. The summed E-state index contributed by atoms with van der Waals surface area (Å²) in [6.07, 6.45) is 5.20. The van der Waals surface area contributed by atoms with Crippen LogP contribution in [0.5, 0.6) is 0 Å². The van der Waals surface area contributed by atoms with E-state index in [2.05, 4.69) is 9.88 Å². The number of anilines is 1. The van der Waals surface area contributed by atoms with E-state index in [4.69, 9.17) is 0 Å². The fourth-order valence-corrected chi connectivity index (χ4v) is 6.81. The molecule has 5 rings (SSSR count). The highest BCUT2D eigenvalue weighted by Crippen LogP contribution is 2.28. The molecule has 2 aliphatic heterocycles. The van der Waals surface area contributed by atoms with Crippen LogP contribution >= 0.6 is 0 Å². The zero-order valence-electron chi connectivity index (χ0n) is 19.4. The Labute approximate surface area is 201 Å². The average Bonchev–Trinajstić information content (AvgIpc) is 2.88. The van der Waals surface area contributed by atoms with E-state index in [-0.39, 0.29) is 17.9 Å². The summed E-state index contributed by atoms with van der Waals surface area (Å²) < 4.78 is 28.4. The van der Waals surface area contributed by atoms with Crippen molar-refractivity contribution in [2.45, 2.75) is 30.7 Å². The van der Waals surface area contributed by atoms with Crippen molar-refractivity contribution in [3.8, 4) is 0 Å². The highest BCUT2D eigenvalue weighted by atomic mass is 32.2. The molecule has 0 spiro atoms. The van der Waals surface area contributed by atoms with Crippen molar-refractivity contribution < 1.29 is 13.2 Å². The quantitative estimate of drug-likeness (QED) is 0.575. The summed E-state index contributed by atoms with van der Waals surface area (Å²) in [5.41, 5.74) is 1.14. The maximum Gasteiger partial charge on any atom is 0.243 e. The lowest BCUT2D eigenvalue weighted by atomic mass is 9.94. The number of hydrogen-bond donors (Lipinski definition) is 0. The zero-order valence-corrected chi connectivity index (χ0v) is 20.2. The van der Waals surface area contributed by atoms with Crippen LogP contribution in [0.15, 0.2) is 71.9 Å². The largest absolute Gasteiger partial charge is 0.371 e. The molecule has 1 aromatic heterocycles. The molecule has 1 atom stereocenters.